The van der Waals surface area contributed by atoms with Crippen molar-refractivity contribution in [1.82, 2.24) is 14.8 Å². The van der Waals surface area contributed by atoms with E-state index in [1.54, 1.807) is 14.0 Å². The van der Waals surface area contributed by atoms with E-state index < -0.39 is 11.4 Å². The predicted molar refractivity (Wildman–Crippen MR) is 130 cm³/mol. The Hall–Kier alpha value is -3.46. The minimum atomic E-state index is -1.23. The average molecular weight is 482 g/mol. The summed E-state index contributed by atoms with van der Waals surface area (Å²) in [5.74, 6) is 0.138. The van der Waals surface area contributed by atoms with Gasteiger partial charge in [-0.1, -0.05) is 20.8 Å². The van der Waals surface area contributed by atoms with Crippen LogP contribution in [0.3, 0.4) is 0 Å². The molecule has 0 aliphatic carbocycles. The molecule has 1 aliphatic rings. The fraction of sp³-hybridized carbons (Fsp3) is 0.462. The zero-order chi connectivity index (χ0) is 25.3. The van der Waals surface area contributed by atoms with Crippen LogP contribution in [0.25, 0.3) is 22.7 Å². The second kappa shape index (κ2) is 9.65. The summed E-state index contributed by atoms with van der Waals surface area (Å²) in [7, 11) is 1.65. The maximum atomic E-state index is 12.7. The quantitative estimate of drug-likeness (QED) is 0.467. The maximum Gasteiger partial charge on any atom is 0.341 e. The van der Waals surface area contributed by atoms with E-state index in [0.29, 0.717) is 48.4 Å². The van der Waals surface area contributed by atoms with Gasteiger partial charge in [0.05, 0.1) is 17.9 Å². The standard InChI is InChI=1S/C26H31N3O6/c1-15-27-28-24(35-15)19-11-18-16(10-23(19)34-8-6-7-33-5)9-17(13-26(2,3)4)29-14-20(25(31)32)22(30)12-21(18)29/h10-12,14,17H,6-9,13H2,1-5H3,(H,31,32). The van der Waals surface area contributed by atoms with Crippen LogP contribution in [0.1, 0.15) is 61.5 Å². The molecule has 186 valence electrons. The Bertz CT molecular complexity index is 1300. The first-order valence-corrected chi connectivity index (χ1v) is 11.7. The Morgan fingerprint density at radius 3 is 2.60 bits per heavy atom. The van der Waals surface area contributed by atoms with Crippen LogP contribution in [-0.4, -0.2) is 46.2 Å². The summed E-state index contributed by atoms with van der Waals surface area (Å²) < 4.78 is 18.9. The number of fused-ring (bicyclic) bond motifs is 3. The number of methoxy groups -OCH3 is 1. The van der Waals surface area contributed by atoms with E-state index in [2.05, 4.69) is 31.0 Å². The lowest BCUT2D eigenvalue weighted by Gasteiger charge is -2.35. The van der Waals surface area contributed by atoms with E-state index >= 15 is 0 Å². The fourth-order valence-corrected chi connectivity index (χ4v) is 4.56. The van der Waals surface area contributed by atoms with Crippen LogP contribution in [0.5, 0.6) is 5.75 Å². The van der Waals surface area contributed by atoms with Crippen molar-refractivity contribution >= 4 is 5.97 Å². The molecular weight excluding hydrogens is 450 g/mol. The van der Waals surface area contributed by atoms with E-state index in [4.69, 9.17) is 13.9 Å². The molecule has 1 unspecified atom stereocenters. The molecule has 0 spiro atoms. The molecule has 4 rings (SSSR count). The Balaban J connectivity index is 1.88. The second-order valence-corrected chi connectivity index (χ2v) is 10.1. The highest BCUT2D eigenvalue weighted by Gasteiger charge is 2.31. The number of rotatable bonds is 8. The van der Waals surface area contributed by atoms with Gasteiger partial charge in [-0.05, 0) is 36.0 Å². The number of benzene rings is 1. The molecule has 2 aromatic heterocycles. The smallest absolute Gasteiger partial charge is 0.341 e. The summed E-state index contributed by atoms with van der Waals surface area (Å²) >= 11 is 0. The third-order valence-corrected chi connectivity index (χ3v) is 6.00. The largest absolute Gasteiger partial charge is 0.493 e. The van der Waals surface area contributed by atoms with E-state index in [1.165, 1.54) is 12.3 Å². The zero-order valence-electron chi connectivity index (χ0n) is 20.8. The third-order valence-electron chi connectivity index (χ3n) is 6.00. The Morgan fingerprint density at radius 1 is 1.20 bits per heavy atom. The minimum absolute atomic E-state index is 0.00727. The molecule has 3 aromatic rings. The monoisotopic (exact) mass is 481 g/mol. The minimum Gasteiger partial charge on any atom is -0.493 e. The van der Waals surface area contributed by atoms with Gasteiger partial charge >= 0.3 is 5.97 Å². The third kappa shape index (κ3) is 5.30. The normalized spacial score (nSPS) is 14.9. The van der Waals surface area contributed by atoms with E-state index in [0.717, 1.165) is 24.0 Å². The molecule has 9 nitrogen and oxygen atoms in total. The molecule has 0 fully saturated rings. The van der Waals surface area contributed by atoms with Gasteiger partial charge < -0.3 is 23.6 Å². The van der Waals surface area contributed by atoms with Gasteiger partial charge in [0.2, 0.25) is 5.89 Å². The number of carboxylic acids is 1. The van der Waals surface area contributed by atoms with Crippen LogP contribution in [-0.2, 0) is 11.2 Å². The van der Waals surface area contributed by atoms with Crippen molar-refractivity contribution in [2.75, 3.05) is 20.3 Å². The number of ether oxygens (including phenoxy) is 2. The van der Waals surface area contributed by atoms with Gasteiger partial charge in [-0.25, -0.2) is 4.79 Å². The van der Waals surface area contributed by atoms with Crippen molar-refractivity contribution in [3.8, 4) is 28.5 Å². The zero-order valence-corrected chi connectivity index (χ0v) is 20.8. The summed E-state index contributed by atoms with van der Waals surface area (Å²) in [5.41, 5.74) is 2.36. The van der Waals surface area contributed by atoms with Gasteiger partial charge in [0.15, 0.2) is 5.43 Å². The van der Waals surface area contributed by atoms with Crippen LogP contribution in [0, 0.1) is 12.3 Å². The molecule has 1 N–H and O–H groups in total. The van der Waals surface area contributed by atoms with E-state index in [1.807, 2.05) is 16.7 Å². The number of carbonyl (C=O) groups is 1. The molecule has 0 amide bonds. The van der Waals surface area contributed by atoms with E-state index in [-0.39, 0.29) is 17.0 Å². The summed E-state index contributed by atoms with van der Waals surface area (Å²) in [6.45, 7) is 9.19. The molecule has 3 heterocycles. The number of aromatic nitrogens is 3. The molecule has 0 saturated carbocycles. The number of carboxylic acid groups (broad SMARTS) is 1. The molecule has 1 aromatic carbocycles. The lowest BCUT2D eigenvalue weighted by Crippen LogP contribution is -2.28. The van der Waals surface area contributed by atoms with Crippen molar-refractivity contribution in [1.29, 1.82) is 0 Å². The van der Waals surface area contributed by atoms with Gasteiger partial charge in [0.25, 0.3) is 5.89 Å². The van der Waals surface area contributed by atoms with Crippen LogP contribution < -0.4 is 10.2 Å². The van der Waals surface area contributed by atoms with Crippen molar-refractivity contribution in [3.63, 3.8) is 0 Å². The number of aryl methyl sites for hydroxylation is 1. The van der Waals surface area contributed by atoms with Crippen molar-refractivity contribution < 1.29 is 23.8 Å². The van der Waals surface area contributed by atoms with Crippen LogP contribution in [0.15, 0.2) is 33.6 Å². The lowest BCUT2D eigenvalue weighted by atomic mass is 9.82. The lowest BCUT2D eigenvalue weighted by molar-refractivity contribution is 0.0694. The highest BCUT2D eigenvalue weighted by molar-refractivity contribution is 5.88. The van der Waals surface area contributed by atoms with Crippen molar-refractivity contribution in [2.24, 2.45) is 5.41 Å². The maximum absolute atomic E-state index is 12.7. The average Bonchev–Trinajstić information content (AvgIpc) is 3.20. The molecule has 0 bridgehead atoms. The summed E-state index contributed by atoms with van der Waals surface area (Å²) in [6, 6.07) is 5.27. The second-order valence-electron chi connectivity index (χ2n) is 10.1. The SMILES string of the molecule is COCCCOc1cc2c(cc1-c1nnc(C)o1)-c1cc(=O)c(C(=O)O)cn1C(CC(C)(C)C)C2. The number of pyridine rings is 1. The predicted octanol–water partition coefficient (Wildman–Crippen LogP) is 4.52. The Kier molecular flexibility index (Phi) is 6.80. The highest BCUT2D eigenvalue weighted by atomic mass is 16.5. The topological polar surface area (TPSA) is 117 Å². The number of nitrogens with zero attached hydrogens (tertiary/aromatic N) is 3. The molecule has 35 heavy (non-hydrogen) atoms. The van der Waals surface area contributed by atoms with Gasteiger partial charge in [0, 0.05) is 50.9 Å². The van der Waals surface area contributed by atoms with Gasteiger partial charge in [-0.3, -0.25) is 4.79 Å². The summed E-state index contributed by atoms with van der Waals surface area (Å²) in [6.07, 6.45) is 3.67. The summed E-state index contributed by atoms with van der Waals surface area (Å²) in [4.78, 5) is 24.4. The highest BCUT2D eigenvalue weighted by Crippen LogP contribution is 2.43. The Labute approximate surface area is 203 Å². The number of hydrogen-bond acceptors (Lipinski definition) is 7. The number of aromatic carboxylic acids is 1. The molecule has 1 atom stereocenters. The van der Waals surface area contributed by atoms with Gasteiger partial charge in [-0.2, -0.15) is 0 Å². The van der Waals surface area contributed by atoms with Crippen molar-refractivity contribution in [2.45, 2.75) is 53.0 Å². The van der Waals surface area contributed by atoms with Crippen LogP contribution >= 0.6 is 0 Å². The molecule has 1 aliphatic heterocycles. The molecule has 9 heteroatoms. The fourth-order valence-electron chi connectivity index (χ4n) is 4.56. The molecular formula is C26H31N3O6. The van der Waals surface area contributed by atoms with Gasteiger partial charge in [-0.15, -0.1) is 10.2 Å². The molecule has 0 radical (unpaired) electrons. The van der Waals surface area contributed by atoms with Crippen LogP contribution in [0.4, 0.5) is 0 Å². The first kappa shape index (κ1) is 24.7. The van der Waals surface area contributed by atoms with E-state index in [9.17, 15) is 14.7 Å². The first-order chi connectivity index (χ1) is 16.6. The Morgan fingerprint density at radius 2 is 1.97 bits per heavy atom. The first-order valence-electron chi connectivity index (χ1n) is 11.7. The number of hydrogen-bond donors (Lipinski definition) is 1. The molecule has 0 saturated heterocycles. The summed E-state index contributed by atoms with van der Waals surface area (Å²) in [5, 5.41) is 17.7. The van der Waals surface area contributed by atoms with Gasteiger partial charge in [0.1, 0.15) is 11.3 Å². The van der Waals surface area contributed by atoms with Crippen molar-refractivity contribution in [3.05, 3.63) is 51.6 Å². The van der Waals surface area contributed by atoms with Crippen LogP contribution in [0.2, 0.25) is 0 Å².